The summed E-state index contributed by atoms with van der Waals surface area (Å²) in [7, 11) is 0. The summed E-state index contributed by atoms with van der Waals surface area (Å²) in [6.07, 6.45) is 1.47. The number of para-hydroxylation sites is 1. The van der Waals surface area contributed by atoms with Crippen LogP contribution in [0.5, 0.6) is 0 Å². The van der Waals surface area contributed by atoms with Crippen molar-refractivity contribution in [3.8, 4) is 0 Å². The number of aromatic amines is 1. The van der Waals surface area contributed by atoms with Crippen LogP contribution in [0.3, 0.4) is 0 Å². The van der Waals surface area contributed by atoms with Crippen LogP contribution in [0, 0.1) is 13.8 Å². The maximum absolute atomic E-state index is 13.1. The summed E-state index contributed by atoms with van der Waals surface area (Å²) in [4.78, 5) is 30.3. The Morgan fingerprint density at radius 1 is 1.04 bits per heavy atom. The van der Waals surface area contributed by atoms with Gasteiger partial charge >= 0.3 is 0 Å². The van der Waals surface area contributed by atoms with Crippen LogP contribution in [0.15, 0.2) is 76.1 Å². The summed E-state index contributed by atoms with van der Waals surface area (Å²) in [6.45, 7) is 4.06. The van der Waals surface area contributed by atoms with Gasteiger partial charge in [0.2, 0.25) is 0 Å². The molecule has 28 heavy (non-hydrogen) atoms. The Morgan fingerprint density at radius 3 is 2.61 bits per heavy atom. The van der Waals surface area contributed by atoms with E-state index in [-0.39, 0.29) is 23.8 Å². The Morgan fingerprint density at radius 2 is 1.86 bits per heavy atom. The van der Waals surface area contributed by atoms with Crippen molar-refractivity contribution >= 4 is 22.5 Å². The molecule has 2 aromatic heterocycles. The van der Waals surface area contributed by atoms with Gasteiger partial charge < -0.3 is 14.3 Å². The average Bonchev–Trinajstić information content (AvgIpc) is 3.21. The molecule has 0 bridgehead atoms. The first kappa shape index (κ1) is 17.8. The lowest BCUT2D eigenvalue weighted by molar-refractivity contribution is 0.0958. The van der Waals surface area contributed by atoms with E-state index in [0.717, 1.165) is 22.0 Å². The number of carbonyl (C=O) groups is 1. The second-order valence-corrected chi connectivity index (χ2v) is 6.87. The van der Waals surface area contributed by atoms with Crippen LogP contribution in [0.4, 0.5) is 5.69 Å². The summed E-state index contributed by atoms with van der Waals surface area (Å²) in [5.41, 5.74) is 3.87. The van der Waals surface area contributed by atoms with Gasteiger partial charge in [0.1, 0.15) is 0 Å². The SMILES string of the molecule is Cc1cccc(N(Cc2cc3cccc(C)c3[nH]c2=O)C(=O)c2ccco2)c1. The van der Waals surface area contributed by atoms with E-state index in [1.807, 2.05) is 62.4 Å². The average molecular weight is 372 g/mol. The molecule has 0 radical (unpaired) electrons. The molecule has 0 fully saturated rings. The van der Waals surface area contributed by atoms with Crippen molar-refractivity contribution in [2.45, 2.75) is 20.4 Å². The van der Waals surface area contributed by atoms with Crippen molar-refractivity contribution in [1.29, 1.82) is 0 Å². The number of benzene rings is 2. The Kier molecular flexibility index (Phi) is 4.57. The smallest absolute Gasteiger partial charge is 0.294 e. The van der Waals surface area contributed by atoms with Gasteiger partial charge in [-0.1, -0.05) is 30.3 Å². The van der Waals surface area contributed by atoms with E-state index in [0.29, 0.717) is 11.3 Å². The molecule has 2 aromatic carbocycles. The first-order chi connectivity index (χ1) is 13.5. The minimum absolute atomic E-state index is 0.141. The molecule has 0 saturated heterocycles. The van der Waals surface area contributed by atoms with Crippen LogP contribution in [0.25, 0.3) is 10.9 Å². The van der Waals surface area contributed by atoms with E-state index >= 15 is 0 Å². The number of hydrogen-bond donors (Lipinski definition) is 1. The zero-order chi connectivity index (χ0) is 19.7. The van der Waals surface area contributed by atoms with E-state index in [1.54, 1.807) is 17.0 Å². The number of pyridine rings is 1. The highest BCUT2D eigenvalue weighted by molar-refractivity contribution is 6.04. The third-order valence-corrected chi connectivity index (χ3v) is 4.78. The molecular weight excluding hydrogens is 352 g/mol. The molecule has 0 unspecified atom stereocenters. The van der Waals surface area contributed by atoms with Crippen LogP contribution in [0.1, 0.15) is 27.2 Å². The third-order valence-electron chi connectivity index (χ3n) is 4.78. The highest BCUT2D eigenvalue weighted by Gasteiger charge is 2.22. The van der Waals surface area contributed by atoms with Gasteiger partial charge in [-0.25, -0.2) is 0 Å². The van der Waals surface area contributed by atoms with E-state index in [9.17, 15) is 9.59 Å². The summed E-state index contributed by atoms with van der Waals surface area (Å²) >= 11 is 0. The standard InChI is InChI=1S/C23H20N2O3/c1-15-6-3-9-19(12-15)25(23(27)20-10-5-11-28-20)14-18-13-17-8-4-7-16(2)21(17)24-22(18)26/h3-13H,14H2,1-2H3,(H,24,26). The molecule has 0 aliphatic heterocycles. The van der Waals surface area contributed by atoms with Gasteiger partial charge in [-0.05, 0) is 60.7 Å². The van der Waals surface area contributed by atoms with E-state index in [1.165, 1.54) is 6.26 Å². The van der Waals surface area contributed by atoms with Gasteiger partial charge in [-0.3, -0.25) is 9.59 Å². The summed E-state index contributed by atoms with van der Waals surface area (Å²) in [5, 5.41) is 0.934. The van der Waals surface area contributed by atoms with Gasteiger partial charge in [-0.2, -0.15) is 0 Å². The molecule has 0 saturated carbocycles. The lowest BCUT2D eigenvalue weighted by Crippen LogP contribution is -2.32. The Hall–Kier alpha value is -3.60. The van der Waals surface area contributed by atoms with Crippen molar-refractivity contribution in [3.63, 3.8) is 0 Å². The largest absolute Gasteiger partial charge is 0.459 e. The number of nitrogens with one attached hydrogen (secondary N) is 1. The number of rotatable bonds is 4. The molecule has 1 N–H and O–H groups in total. The molecule has 1 amide bonds. The van der Waals surface area contributed by atoms with Crippen LogP contribution in [-0.4, -0.2) is 10.9 Å². The molecule has 0 spiro atoms. The fourth-order valence-corrected chi connectivity index (χ4v) is 3.33. The van der Waals surface area contributed by atoms with E-state index < -0.39 is 0 Å². The lowest BCUT2D eigenvalue weighted by Gasteiger charge is -2.22. The van der Waals surface area contributed by atoms with Gasteiger partial charge in [0.15, 0.2) is 5.76 Å². The van der Waals surface area contributed by atoms with Crippen molar-refractivity contribution in [1.82, 2.24) is 4.98 Å². The minimum Gasteiger partial charge on any atom is -0.459 e. The topological polar surface area (TPSA) is 66.3 Å². The number of nitrogens with zero attached hydrogens (tertiary/aromatic N) is 1. The number of aryl methyl sites for hydroxylation is 2. The first-order valence-corrected chi connectivity index (χ1v) is 9.06. The monoisotopic (exact) mass is 372 g/mol. The second kappa shape index (κ2) is 7.19. The number of carbonyl (C=O) groups excluding carboxylic acids is 1. The Labute approximate surface area is 162 Å². The van der Waals surface area contributed by atoms with Crippen molar-refractivity contribution < 1.29 is 9.21 Å². The molecular formula is C23H20N2O3. The number of anilines is 1. The van der Waals surface area contributed by atoms with E-state index in [4.69, 9.17) is 4.42 Å². The fraction of sp³-hybridized carbons (Fsp3) is 0.130. The first-order valence-electron chi connectivity index (χ1n) is 9.06. The van der Waals surface area contributed by atoms with Crippen LogP contribution < -0.4 is 10.5 Å². The predicted molar refractivity (Wildman–Crippen MR) is 110 cm³/mol. The molecule has 0 aliphatic rings. The maximum atomic E-state index is 13.1. The van der Waals surface area contributed by atoms with Gasteiger partial charge in [0.25, 0.3) is 11.5 Å². The molecule has 0 atom stereocenters. The van der Waals surface area contributed by atoms with Gasteiger partial charge in [0, 0.05) is 11.3 Å². The summed E-state index contributed by atoms with van der Waals surface area (Å²) in [6, 6.07) is 18.6. The number of amides is 1. The molecule has 5 heteroatoms. The van der Waals surface area contributed by atoms with Gasteiger partial charge in [-0.15, -0.1) is 0 Å². The number of fused-ring (bicyclic) bond motifs is 1. The molecule has 4 aromatic rings. The molecule has 4 rings (SSSR count). The lowest BCUT2D eigenvalue weighted by atomic mass is 10.1. The third kappa shape index (κ3) is 3.34. The van der Waals surface area contributed by atoms with Gasteiger partial charge in [0.05, 0.1) is 18.3 Å². The quantitative estimate of drug-likeness (QED) is 0.570. The molecule has 140 valence electrons. The Balaban J connectivity index is 1.80. The van der Waals surface area contributed by atoms with Crippen LogP contribution in [-0.2, 0) is 6.54 Å². The molecule has 5 nitrogen and oxygen atoms in total. The number of hydrogen-bond acceptors (Lipinski definition) is 3. The normalized spacial score (nSPS) is 10.9. The molecule has 0 aliphatic carbocycles. The van der Waals surface area contributed by atoms with Crippen molar-refractivity contribution in [2.24, 2.45) is 0 Å². The maximum Gasteiger partial charge on any atom is 0.294 e. The number of H-pyrrole nitrogens is 1. The second-order valence-electron chi connectivity index (χ2n) is 6.87. The minimum atomic E-state index is -0.292. The summed E-state index contributed by atoms with van der Waals surface area (Å²) in [5.74, 6) is -0.0612. The van der Waals surface area contributed by atoms with Crippen LogP contribution >= 0.6 is 0 Å². The molecule has 2 heterocycles. The zero-order valence-corrected chi connectivity index (χ0v) is 15.7. The van der Waals surface area contributed by atoms with Crippen LogP contribution in [0.2, 0.25) is 0 Å². The van der Waals surface area contributed by atoms with Crippen molar-refractivity contribution in [3.05, 3.63) is 99.7 Å². The van der Waals surface area contributed by atoms with Crippen molar-refractivity contribution in [2.75, 3.05) is 4.90 Å². The highest BCUT2D eigenvalue weighted by atomic mass is 16.3. The zero-order valence-electron chi connectivity index (χ0n) is 15.7. The predicted octanol–water partition coefficient (Wildman–Crippen LogP) is 4.58. The highest BCUT2D eigenvalue weighted by Crippen LogP contribution is 2.22. The number of aromatic nitrogens is 1. The number of furan rings is 1. The Bertz CT molecular complexity index is 1210. The summed E-state index contributed by atoms with van der Waals surface area (Å²) < 4.78 is 5.30. The fourth-order valence-electron chi connectivity index (χ4n) is 3.33. The van der Waals surface area contributed by atoms with E-state index in [2.05, 4.69) is 4.98 Å².